The number of carbonyl (C=O) groups excluding carboxylic acids is 2. The fourth-order valence-corrected chi connectivity index (χ4v) is 4.14. The molecule has 1 aliphatic heterocycles. The molecule has 1 aliphatic carbocycles. The Morgan fingerprint density at radius 3 is 2.54 bits per heavy atom. The number of carbonyl (C=O) groups is 2. The fourth-order valence-electron chi connectivity index (χ4n) is 3.67. The number of hydrogen-bond acceptors (Lipinski definition) is 2. The average Bonchev–Trinajstić information content (AvgIpc) is 3.04. The van der Waals surface area contributed by atoms with Gasteiger partial charge in [0.2, 0.25) is 5.91 Å². The van der Waals surface area contributed by atoms with Gasteiger partial charge in [-0.2, -0.15) is 0 Å². The van der Waals surface area contributed by atoms with Gasteiger partial charge in [-0.3, -0.25) is 9.59 Å². The standard InChI is InChI=1S/C18H22BrFN2O2/c19-13-9-12(10-14(20)11-13)18(24)22-8-4-7-16(22)17(23)21-15-5-2-1-3-6-15/h9-11,15-16H,1-8H2,(H,21,23). The monoisotopic (exact) mass is 396 g/mol. The van der Waals surface area contributed by atoms with Crippen molar-refractivity contribution in [3.05, 3.63) is 34.1 Å². The molecule has 1 unspecified atom stereocenters. The second-order valence-corrected chi connectivity index (χ2v) is 7.57. The Bertz CT molecular complexity index is 611. The highest BCUT2D eigenvalue weighted by Gasteiger charge is 2.35. The molecular formula is C18H22BrFN2O2. The summed E-state index contributed by atoms with van der Waals surface area (Å²) in [5.41, 5.74) is 0.277. The molecule has 130 valence electrons. The number of hydrogen-bond donors (Lipinski definition) is 1. The van der Waals surface area contributed by atoms with Crippen LogP contribution in [0, 0.1) is 5.82 Å². The van der Waals surface area contributed by atoms with Gasteiger partial charge in [0, 0.05) is 22.6 Å². The van der Waals surface area contributed by atoms with E-state index >= 15 is 0 Å². The van der Waals surface area contributed by atoms with Gasteiger partial charge in [0.05, 0.1) is 0 Å². The van der Waals surface area contributed by atoms with Crippen molar-refractivity contribution in [2.45, 2.75) is 57.0 Å². The maximum absolute atomic E-state index is 13.6. The van der Waals surface area contributed by atoms with Crippen molar-refractivity contribution < 1.29 is 14.0 Å². The minimum absolute atomic E-state index is 0.0665. The van der Waals surface area contributed by atoms with Gasteiger partial charge in [-0.25, -0.2) is 4.39 Å². The van der Waals surface area contributed by atoms with E-state index in [1.54, 1.807) is 11.0 Å². The van der Waals surface area contributed by atoms with Gasteiger partial charge in [0.25, 0.3) is 5.91 Å². The van der Waals surface area contributed by atoms with Crippen LogP contribution in [0.25, 0.3) is 0 Å². The van der Waals surface area contributed by atoms with Crippen molar-refractivity contribution in [1.82, 2.24) is 10.2 Å². The summed E-state index contributed by atoms with van der Waals surface area (Å²) in [6, 6.07) is 3.92. The summed E-state index contributed by atoms with van der Waals surface area (Å²) in [5.74, 6) is -0.810. The number of likely N-dealkylation sites (tertiary alicyclic amines) is 1. The Balaban J connectivity index is 1.69. The molecule has 2 aliphatic rings. The number of benzene rings is 1. The minimum Gasteiger partial charge on any atom is -0.352 e. The van der Waals surface area contributed by atoms with E-state index in [0.29, 0.717) is 17.4 Å². The second kappa shape index (κ2) is 7.64. The minimum atomic E-state index is -0.463. The van der Waals surface area contributed by atoms with Crippen molar-refractivity contribution in [2.75, 3.05) is 6.54 Å². The van der Waals surface area contributed by atoms with E-state index < -0.39 is 11.9 Å². The van der Waals surface area contributed by atoms with Crippen molar-refractivity contribution in [1.29, 1.82) is 0 Å². The first-order valence-electron chi connectivity index (χ1n) is 8.62. The Hall–Kier alpha value is -1.43. The summed E-state index contributed by atoms with van der Waals surface area (Å²) in [4.78, 5) is 26.9. The molecule has 2 amide bonds. The van der Waals surface area contributed by atoms with E-state index in [0.717, 1.165) is 32.1 Å². The maximum atomic E-state index is 13.6. The number of amides is 2. The first kappa shape index (κ1) is 17.4. The van der Waals surface area contributed by atoms with Gasteiger partial charge < -0.3 is 10.2 Å². The normalized spacial score (nSPS) is 21.8. The molecule has 0 spiro atoms. The molecule has 1 aromatic carbocycles. The molecule has 1 saturated heterocycles. The van der Waals surface area contributed by atoms with E-state index in [4.69, 9.17) is 0 Å². The summed E-state index contributed by atoms with van der Waals surface area (Å²) in [6.45, 7) is 0.537. The molecule has 2 fully saturated rings. The Labute approximate surface area is 149 Å². The van der Waals surface area contributed by atoms with Crippen LogP contribution in [0.5, 0.6) is 0 Å². The molecule has 6 heteroatoms. The highest BCUT2D eigenvalue weighted by atomic mass is 79.9. The topological polar surface area (TPSA) is 49.4 Å². The summed E-state index contributed by atoms with van der Waals surface area (Å²) in [6.07, 6.45) is 7.03. The predicted molar refractivity (Wildman–Crippen MR) is 93.2 cm³/mol. The molecule has 0 radical (unpaired) electrons. The molecule has 1 saturated carbocycles. The van der Waals surface area contributed by atoms with E-state index in [2.05, 4.69) is 21.2 Å². The van der Waals surface area contributed by atoms with Gasteiger partial charge in [0.1, 0.15) is 11.9 Å². The predicted octanol–water partition coefficient (Wildman–Crippen LogP) is 3.64. The van der Waals surface area contributed by atoms with E-state index in [9.17, 15) is 14.0 Å². The van der Waals surface area contributed by atoms with Crippen molar-refractivity contribution in [3.8, 4) is 0 Å². The Kier molecular flexibility index (Phi) is 5.54. The Morgan fingerprint density at radius 2 is 1.83 bits per heavy atom. The van der Waals surface area contributed by atoms with Gasteiger partial charge in [-0.15, -0.1) is 0 Å². The molecule has 0 aromatic heterocycles. The number of nitrogens with one attached hydrogen (secondary N) is 1. The van der Waals surface area contributed by atoms with Crippen molar-refractivity contribution in [3.63, 3.8) is 0 Å². The molecule has 24 heavy (non-hydrogen) atoms. The summed E-state index contributed by atoms with van der Waals surface area (Å²) in [5, 5.41) is 3.10. The van der Waals surface area contributed by atoms with Gasteiger partial charge in [0.15, 0.2) is 0 Å². The lowest BCUT2D eigenvalue weighted by atomic mass is 9.95. The molecule has 1 aromatic rings. The van der Waals surface area contributed by atoms with Crippen LogP contribution in [-0.2, 0) is 4.79 Å². The van der Waals surface area contributed by atoms with Crippen LogP contribution in [0.3, 0.4) is 0 Å². The van der Waals surface area contributed by atoms with Crippen LogP contribution in [-0.4, -0.2) is 35.3 Å². The quantitative estimate of drug-likeness (QED) is 0.847. The molecule has 1 N–H and O–H groups in total. The molecule has 3 rings (SSSR count). The molecule has 4 nitrogen and oxygen atoms in total. The van der Waals surface area contributed by atoms with Crippen LogP contribution < -0.4 is 5.32 Å². The number of nitrogens with zero attached hydrogens (tertiary/aromatic N) is 1. The first-order valence-corrected chi connectivity index (χ1v) is 9.41. The summed E-state index contributed by atoms with van der Waals surface area (Å²) >= 11 is 3.21. The van der Waals surface area contributed by atoms with Gasteiger partial charge in [-0.1, -0.05) is 35.2 Å². The smallest absolute Gasteiger partial charge is 0.254 e. The van der Waals surface area contributed by atoms with E-state index in [1.807, 2.05) is 0 Å². The van der Waals surface area contributed by atoms with Gasteiger partial charge >= 0.3 is 0 Å². The molecule has 1 atom stereocenters. The third-order valence-electron chi connectivity index (χ3n) is 4.88. The number of halogens is 2. The highest BCUT2D eigenvalue weighted by molar-refractivity contribution is 9.10. The summed E-state index contributed by atoms with van der Waals surface area (Å²) < 4.78 is 14.1. The van der Waals surface area contributed by atoms with E-state index in [-0.39, 0.29) is 23.4 Å². The molecule has 0 bridgehead atoms. The maximum Gasteiger partial charge on any atom is 0.254 e. The first-order chi connectivity index (χ1) is 11.5. The zero-order chi connectivity index (χ0) is 17.1. The third kappa shape index (κ3) is 3.97. The largest absolute Gasteiger partial charge is 0.352 e. The average molecular weight is 397 g/mol. The van der Waals surface area contributed by atoms with Gasteiger partial charge in [-0.05, 0) is 43.9 Å². The summed E-state index contributed by atoms with van der Waals surface area (Å²) in [7, 11) is 0. The fraction of sp³-hybridized carbons (Fsp3) is 0.556. The van der Waals surface area contributed by atoms with Crippen LogP contribution in [0.4, 0.5) is 4.39 Å². The lowest BCUT2D eigenvalue weighted by molar-refractivity contribution is -0.125. The lowest BCUT2D eigenvalue weighted by Crippen LogP contribution is -2.49. The Morgan fingerprint density at radius 1 is 1.08 bits per heavy atom. The SMILES string of the molecule is O=C(NC1CCCCC1)C1CCCN1C(=O)c1cc(F)cc(Br)c1. The van der Waals surface area contributed by atoms with E-state index in [1.165, 1.54) is 18.6 Å². The number of rotatable bonds is 3. The second-order valence-electron chi connectivity index (χ2n) is 6.66. The highest BCUT2D eigenvalue weighted by Crippen LogP contribution is 2.24. The van der Waals surface area contributed by atoms with Crippen LogP contribution in [0.15, 0.2) is 22.7 Å². The zero-order valence-electron chi connectivity index (χ0n) is 13.6. The van der Waals surface area contributed by atoms with Crippen LogP contribution >= 0.6 is 15.9 Å². The molecule has 1 heterocycles. The zero-order valence-corrected chi connectivity index (χ0v) is 15.1. The third-order valence-corrected chi connectivity index (χ3v) is 5.34. The molecular weight excluding hydrogens is 375 g/mol. The lowest BCUT2D eigenvalue weighted by Gasteiger charge is -2.28. The van der Waals surface area contributed by atoms with Crippen molar-refractivity contribution >= 4 is 27.7 Å². The van der Waals surface area contributed by atoms with Crippen LogP contribution in [0.2, 0.25) is 0 Å². The van der Waals surface area contributed by atoms with Crippen LogP contribution in [0.1, 0.15) is 55.3 Å². The van der Waals surface area contributed by atoms with Crippen molar-refractivity contribution in [2.24, 2.45) is 0 Å².